The highest BCUT2D eigenvalue weighted by molar-refractivity contribution is 7.89. The van der Waals surface area contributed by atoms with Crippen molar-refractivity contribution in [2.75, 3.05) is 13.1 Å². The van der Waals surface area contributed by atoms with Crippen molar-refractivity contribution in [3.05, 3.63) is 66.4 Å². The highest BCUT2D eigenvalue weighted by Gasteiger charge is 2.32. The normalized spacial score (nSPS) is 18.5. The van der Waals surface area contributed by atoms with Gasteiger partial charge in [-0.25, -0.2) is 12.8 Å². The third-order valence-electron chi connectivity index (χ3n) is 4.80. The van der Waals surface area contributed by atoms with Gasteiger partial charge in [-0.3, -0.25) is 10.1 Å². The first-order valence-electron chi connectivity index (χ1n) is 8.76. The second-order valence-electron chi connectivity index (χ2n) is 6.59. The van der Waals surface area contributed by atoms with Crippen LogP contribution in [0.5, 0.6) is 0 Å². The topological polar surface area (TPSA) is 79.0 Å². The fourth-order valence-corrected chi connectivity index (χ4v) is 4.85. The molecule has 0 amide bonds. The Balaban J connectivity index is 1.60. The van der Waals surface area contributed by atoms with Crippen molar-refractivity contribution in [1.82, 2.24) is 19.5 Å². The summed E-state index contributed by atoms with van der Waals surface area (Å²) in [4.78, 5) is 4.85. The van der Waals surface area contributed by atoms with Crippen LogP contribution in [0.1, 0.15) is 24.5 Å². The monoisotopic (exact) mass is 386 g/mol. The minimum Gasteiger partial charge on any atom is -0.284 e. The molecule has 1 fully saturated rings. The summed E-state index contributed by atoms with van der Waals surface area (Å²) in [5, 5.41) is 6.29. The zero-order valence-electron chi connectivity index (χ0n) is 14.5. The van der Waals surface area contributed by atoms with Crippen molar-refractivity contribution in [2.45, 2.75) is 23.7 Å². The standard InChI is InChI=1S/C19H19FN4O2S/c20-16-6-1-4-14(10-16)18-7-2-8-19(23-18)15-5-3-9-24(13-15)27(25,26)17-11-21-22-12-17/h1-2,4,6-8,10-12,15H,3,5,9,13H2,(H,21,22)/t15-/m0/s1. The Morgan fingerprint density at radius 1 is 1.19 bits per heavy atom. The van der Waals surface area contributed by atoms with Crippen LogP contribution in [0.4, 0.5) is 4.39 Å². The van der Waals surface area contributed by atoms with Crippen LogP contribution in [-0.4, -0.2) is 41.0 Å². The molecule has 2 aromatic heterocycles. The average molecular weight is 386 g/mol. The lowest BCUT2D eigenvalue weighted by atomic mass is 9.95. The molecular formula is C19H19FN4O2S. The second kappa shape index (κ2) is 7.21. The number of benzene rings is 1. The molecule has 4 rings (SSSR count). The fourth-order valence-electron chi connectivity index (χ4n) is 3.42. The molecule has 8 heteroatoms. The van der Waals surface area contributed by atoms with Crippen molar-refractivity contribution >= 4 is 10.0 Å². The number of hydrogen-bond acceptors (Lipinski definition) is 4. The summed E-state index contributed by atoms with van der Waals surface area (Å²) in [6.45, 7) is 0.848. The minimum absolute atomic E-state index is 0.00562. The van der Waals surface area contributed by atoms with Crippen LogP contribution in [0.3, 0.4) is 0 Å². The van der Waals surface area contributed by atoms with Gasteiger partial charge in [0.25, 0.3) is 0 Å². The third-order valence-corrected chi connectivity index (χ3v) is 6.63. The van der Waals surface area contributed by atoms with Gasteiger partial charge in [-0.05, 0) is 37.1 Å². The summed E-state index contributed by atoms with van der Waals surface area (Å²) >= 11 is 0. The summed E-state index contributed by atoms with van der Waals surface area (Å²) in [6, 6.07) is 11.9. The largest absolute Gasteiger partial charge is 0.284 e. The summed E-state index contributed by atoms with van der Waals surface area (Å²) in [6.07, 6.45) is 4.33. The highest BCUT2D eigenvalue weighted by atomic mass is 32.2. The maximum atomic E-state index is 13.5. The SMILES string of the molecule is O=S(=O)(c1cn[nH]c1)N1CCC[C@H](c2cccc(-c3cccc(F)c3)n2)C1. The lowest BCUT2D eigenvalue weighted by Crippen LogP contribution is -2.39. The van der Waals surface area contributed by atoms with E-state index >= 15 is 0 Å². The van der Waals surface area contributed by atoms with Gasteiger partial charge in [-0.1, -0.05) is 18.2 Å². The number of pyridine rings is 1. The van der Waals surface area contributed by atoms with E-state index in [1.807, 2.05) is 24.3 Å². The first kappa shape index (κ1) is 17.8. The fraction of sp³-hybridized carbons (Fsp3) is 0.263. The van der Waals surface area contributed by atoms with Gasteiger partial charge in [0.15, 0.2) is 0 Å². The Morgan fingerprint density at radius 3 is 2.81 bits per heavy atom. The average Bonchev–Trinajstić information content (AvgIpc) is 3.24. The van der Waals surface area contributed by atoms with Crippen LogP contribution < -0.4 is 0 Å². The van der Waals surface area contributed by atoms with Crippen molar-refractivity contribution < 1.29 is 12.8 Å². The Morgan fingerprint density at radius 2 is 2.04 bits per heavy atom. The molecule has 1 aliphatic heterocycles. The van der Waals surface area contributed by atoms with Crippen LogP contribution in [0.25, 0.3) is 11.3 Å². The zero-order valence-corrected chi connectivity index (χ0v) is 15.4. The van der Waals surface area contributed by atoms with Gasteiger partial charge >= 0.3 is 0 Å². The third kappa shape index (κ3) is 3.63. The van der Waals surface area contributed by atoms with E-state index in [1.165, 1.54) is 28.8 Å². The first-order chi connectivity index (χ1) is 13.0. The van der Waals surface area contributed by atoms with Crippen LogP contribution >= 0.6 is 0 Å². The summed E-state index contributed by atoms with van der Waals surface area (Å²) in [5.41, 5.74) is 2.21. The number of halogens is 1. The predicted molar refractivity (Wildman–Crippen MR) is 99.0 cm³/mol. The van der Waals surface area contributed by atoms with Gasteiger partial charge in [0.1, 0.15) is 10.7 Å². The lowest BCUT2D eigenvalue weighted by molar-refractivity contribution is 0.313. The molecule has 0 spiro atoms. The van der Waals surface area contributed by atoms with Crippen LogP contribution in [0.2, 0.25) is 0 Å². The van der Waals surface area contributed by atoms with Gasteiger partial charge in [-0.2, -0.15) is 9.40 Å². The Bertz CT molecular complexity index is 1040. The first-order valence-corrected chi connectivity index (χ1v) is 10.2. The molecular weight excluding hydrogens is 367 g/mol. The smallest absolute Gasteiger partial charge is 0.246 e. The van der Waals surface area contributed by atoms with E-state index in [2.05, 4.69) is 15.2 Å². The quantitative estimate of drug-likeness (QED) is 0.747. The number of hydrogen-bond donors (Lipinski definition) is 1. The van der Waals surface area contributed by atoms with Crippen LogP contribution in [0, 0.1) is 5.82 Å². The minimum atomic E-state index is -3.57. The summed E-state index contributed by atoms with van der Waals surface area (Å²) in [7, 11) is -3.57. The molecule has 3 heterocycles. The van der Waals surface area contributed by atoms with Gasteiger partial charge < -0.3 is 0 Å². The van der Waals surface area contributed by atoms with Crippen molar-refractivity contribution in [2.24, 2.45) is 0 Å². The van der Waals surface area contributed by atoms with E-state index in [0.29, 0.717) is 24.3 Å². The summed E-state index contributed by atoms with van der Waals surface area (Å²) < 4.78 is 40.5. The number of sulfonamides is 1. The van der Waals surface area contributed by atoms with E-state index in [1.54, 1.807) is 6.07 Å². The molecule has 0 bridgehead atoms. The Labute approximate surface area is 157 Å². The second-order valence-corrected chi connectivity index (χ2v) is 8.53. The molecule has 1 N–H and O–H groups in total. The number of aromatic nitrogens is 3. The van der Waals surface area contributed by atoms with E-state index in [-0.39, 0.29) is 16.6 Å². The number of nitrogens with one attached hydrogen (secondary N) is 1. The maximum absolute atomic E-state index is 13.5. The molecule has 1 aliphatic rings. The Hall–Kier alpha value is -2.58. The van der Waals surface area contributed by atoms with E-state index in [9.17, 15) is 12.8 Å². The molecule has 0 aliphatic carbocycles. The summed E-state index contributed by atoms with van der Waals surface area (Å²) in [5.74, 6) is -0.316. The van der Waals surface area contributed by atoms with Crippen LogP contribution in [0.15, 0.2) is 59.8 Å². The van der Waals surface area contributed by atoms with Gasteiger partial charge in [0, 0.05) is 36.5 Å². The maximum Gasteiger partial charge on any atom is 0.246 e. The number of aromatic amines is 1. The molecule has 6 nitrogen and oxygen atoms in total. The molecule has 27 heavy (non-hydrogen) atoms. The van der Waals surface area contributed by atoms with E-state index < -0.39 is 10.0 Å². The molecule has 140 valence electrons. The van der Waals surface area contributed by atoms with E-state index in [0.717, 1.165) is 18.5 Å². The van der Waals surface area contributed by atoms with Gasteiger partial charge in [0.2, 0.25) is 10.0 Å². The van der Waals surface area contributed by atoms with Crippen LogP contribution in [-0.2, 0) is 10.0 Å². The molecule has 1 saturated heterocycles. The van der Waals surface area contributed by atoms with Gasteiger partial charge in [0.05, 0.1) is 11.9 Å². The molecule has 1 atom stereocenters. The Kier molecular flexibility index (Phi) is 4.75. The van der Waals surface area contributed by atoms with Crippen molar-refractivity contribution in [3.63, 3.8) is 0 Å². The predicted octanol–water partition coefficient (Wildman–Crippen LogP) is 3.18. The van der Waals surface area contributed by atoms with Crippen molar-refractivity contribution in [1.29, 1.82) is 0 Å². The molecule has 0 unspecified atom stereocenters. The molecule has 0 saturated carbocycles. The highest BCUT2D eigenvalue weighted by Crippen LogP contribution is 2.30. The van der Waals surface area contributed by atoms with E-state index in [4.69, 9.17) is 0 Å². The number of H-pyrrole nitrogens is 1. The number of rotatable bonds is 4. The number of piperidine rings is 1. The molecule has 1 aromatic carbocycles. The lowest BCUT2D eigenvalue weighted by Gasteiger charge is -2.31. The van der Waals surface area contributed by atoms with Crippen molar-refractivity contribution in [3.8, 4) is 11.3 Å². The molecule has 3 aromatic rings. The zero-order chi connectivity index (χ0) is 18.9. The molecule has 0 radical (unpaired) electrons. The van der Waals surface area contributed by atoms with Gasteiger partial charge in [-0.15, -0.1) is 0 Å². The number of nitrogens with zero attached hydrogens (tertiary/aromatic N) is 3.